The Labute approximate surface area is 135 Å². The van der Waals surface area contributed by atoms with Crippen LogP contribution in [0.5, 0.6) is 0 Å². The molecule has 1 heterocycles. The number of guanidine groups is 1. The largest absolute Gasteiger partial charge is 0.381 e. The van der Waals surface area contributed by atoms with Gasteiger partial charge in [0.15, 0.2) is 15.8 Å². The summed E-state index contributed by atoms with van der Waals surface area (Å²) in [4.78, 5) is 4.50. The second-order valence-electron chi connectivity index (χ2n) is 6.24. The minimum Gasteiger partial charge on any atom is -0.381 e. The highest BCUT2D eigenvalue weighted by Crippen LogP contribution is 2.18. The molecular formula is C15H31N3O3S. The lowest BCUT2D eigenvalue weighted by Gasteiger charge is -2.13. The van der Waals surface area contributed by atoms with Gasteiger partial charge in [-0.05, 0) is 31.6 Å². The minimum absolute atomic E-state index is 0.162. The lowest BCUT2D eigenvalue weighted by atomic mass is 10.1. The number of rotatable bonds is 9. The second kappa shape index (κ2) is 10.0. The van der Waals surface area contributed by atoms with E-state index in [1.807, 2.05) is 6.92 Å². The molecule has 0 saturated carbocycles. The summed E-state index contributed by atoms with van der Waals surface area (Å²) in [5.74, 6) is 2.07. The Hall–Kier alpha value is -0.820. The van der Waals surface area contributed by atoms with E-state index in [2.05, 4.69) is 29.5 Å². The van der Waals surface area contributed by atoms with Crippen LogP contribution in [-0.4, -0.2) is 58.7 Å². The van der Waals surface area contributed by atoms with E-state index < -0.39 is 9.84 Å². The first-order valence-corrected chi connectivity index (χ1v) is 10.1. The van der Waals surface area contributed by atoms with Crippen molar-refractivity contribution in [2.45, 2.75) is 33.6 Å². The van der Waals surface area contributed by atoms with E-state index in [0.29, 0.717) is 18.2 Å². The van der Waals surface area contributed by atoms with Crippen LogP contribution in [0.4, 0.5) is 0 Å². The summed E-state index contributed by atoms with van der Waals surface area (Å²) in [6.45, 7) is 9.98. The number of nitrogens with zero attached hydrogens (tertiary/aromatic N) is 1. The molecule has 0 aromatic rings. The van der Waals surface area contributed by atoms with Gasteiger partial charge in [0, 0.05) is 32.8 Å². The van der Waals surface area contributed by atoms with Crippen LogP contribution in [0.15, 0.2) is 4.99 Å². The van der Waals surface area contributed by atoms with Gasteiger partial charge in [-0.25, -0.2) is 8.42 Å². The van der Waals surface area contributed by atoms with Crippen LogP contribution < -0.4 is 10.6 Å². The summed E-state index contributed by atoms with van der Waals surface area (Å²) in [5, 5.41) is 6.45. The quantitative estimate of drug-likeness (QED) is 0.374. The SMILES string of the molecule is CCNC(=NCC1CCS(=O)(=O)C1)NCCCOCC(C)C. The number of hydrogen-bond acceptors (Lipinski definition) is 4. The third kappa shape index (κ3) is 8.58. The summed E-state index contributed by atoms with van der Waals surface area (Å²) >= 11 is 0. The summed E-state index contributed by atoms with van der Waals surface area (Å²) in [7, 11) is -2.82. The van der Waals surface area contributed by atoms with E-state index in [0.717, 1.165) is 45.1 Å². The van der Waals surface area contributed by atoms with E-state index in [9.17, 15) is 8.42 Å². The highest BCUT2D eigenvalue weighted by atomic mass is 32.2. The van der Waals surface area contributed by atoms with Crippen LogP contribution in [-0.2, 0) is 14.6 Å². The first kappa shape index (κ1) is 19.2. The zero-order valence-electron chi connectivity index (χ0n) is 14.1. The van der Waals surface area contributed by atoms with Gasteiger partial charge >= 0.3 is 0 Å². The molecule has 0 radical (unpaired) electrons. The number of aliphatic imine (C=N–C) groups is 1. The molecule has 1 saturated heterocycles. The van der Waals surface area contributed by atoms with Gasteiger partial charge in [0.05, 0.1) is 11.5 Å². The fourth-order valence-corrected chi connectivity index (χ4v) is 4.13. The number of nitrogens with one attached hydrogen (secondary N) is 2. The molecule has 7 heteroatoms. The Morgan fingerprint density at radius 1 is 1.36 bits per heavy atom. The zero-order valence-corrected chi connectivity index (χ0v) is 14.9. The van der Waals surface area contributed by atoms with Gasteiger partial charge in [-0.2, -0.15) is 0 Å². The fourth-order valence-electron chi connectivity index (χ4n) is 2.28. The van der Waals surface area contributed by atoms with Gasteiger partial charge in [-0.3, -0.25) is 4.99 Å². The van der Waals surface area contributed by atoms with Crippen LogP contribution in [0.25, 0.3) is 0 Å². The van der Waals surface area contributed by atoms with E-state index in [1.54, 1.807) is 0 Å². The Morgan fingerprint density at radius 3 is 2.73 bits per heavy atom. The zero-order chi connectivity index (χ0) is 16.4. The predicted octanol–water partition coefficient (Wildman–Crippen LogP) is 1.04. The molecule has 0 bridgehead atoms. The minimum atomic E-state index is -2.82. The maximum atomic E-state index is 11.4. The van der Waals surface area contributed by atoms with Crippen molar-refractivity contribution in [3.63, 3.8) is 0 Å². The molecule has 0 aliphatic carbocycles. The van der Waals surface area contributed by atoms with E-state index in [1.165, 1.54) is 0 Å². The van der Waals surface area contributed by atoms with E-state index >= 15 is 0 Å². The molecule has 1 unspecified atom stereocenters. The van der Waals surface area contributed by atoms with Crippen molar-refractivity contribution in [1.29, 1.82) is 0 Å². The molecule has 0 aromatic carbocycles. The number of sulfone groups is 1. The Kier molecular flexibility index (Phi) is 8.78. The van der Waals surface area contributed by atoms with Crippen molar-refractivity contribution in [2.24, 2.45) is 16.8 Å². The third-order valence-electron chi connectivity index (χ3n) is 3.39. The molecule has 2 N–H and O–H groups in total. The summed E-state index contributed by atoms with van der Waals surface area (Å²) < 4.78 is 28.4. The summed E-state index contributed by atoms with van der Waals surface area (Å²) in [6.07, 6.45) is 1.66. The highest BCUT2D eigenvalue weighted by molar-refractivity contribution is 7.91. The summed E-state index contributed by atoms with van der Waals surface area (Å²) in [6, 6.07) is 0. The smallest absolute Gasteiger partial charge is 0.191 e. The van der Waals surface area contributed by atoms with Crippen molar-refractivity contribution in [2.75, 3.05) is 44.4 Å². The topological polar surface area (TPSA) is 79.8 Å². The van der Waals surface area contributed by atoms with Crippen molar-refractivity contribution in [3.05, 3.63) is 0 Å². The van der Waals surface area contributed by atoms with Gasteiger partial charge in [-0.1, -0.05) is 13.8 Å². The maximum absolute atomic E-state index is 11.4. The predicted molar refractivity (Wildman–Crippen MR) is 91.0 cm³/mol. The van der Waals surface area contributed by atoms with Crippen molar-refractivity contribution in [1.82, 2.24) is 10.6 Å². The van der Waals surface area contributed by atoms with Crippen molar-refractivity contribution >= 4 is 15.8 Å². The fraction of sp³-hybridized carbons (Fsp3) is 0.933. The highest BCUT2D eigenvalue weighted by Gasteiger charge is 2.27. The van der Waals surface area contributed by atoms with Crippen LogP contribution >= 0.6 is 0 Å². The van der Waals surface area contributed by atoms with E-state index in [-0.39, 0.29) is 11.7 Å². The molecule has 1 aliphatic heterocycles. The van der Waals surface area contributed by atoms with Gasteiger partial charge in [-0.15, -0.1) is 0 Å². The Balaban J connectivity index is 2.24. The Morgan fingerprint density at radius 2 is 2.14 bits per heavy atom. The molecular weight excluding hydrogens is 302 g/mol. The molecule has 6 nitrogen and oxygen atoms in total. The van der Waals surface area contributed by atoms with Gasteiger partial charge < -0.3 is 15.4 Å². The lowest BCUT2D eigenvalue weighted by Crippen LogP contribution is -2.38. The number of hydrogen-bond donors (Lipinski definition) is 2. The van der Waals surface area contributed by atoms with Gasteiger partial charge in [0.2, 0.25) is 0 Å². The van der Waals surface area contributed by atoms with Crippen LogP contribution in [0.3, 0.4) is 0 Å². The Bertz CT molecular complexity index is 435. The molecule has 1 rings (SSSR count). The molecule has 22 heavy (non-hydrogen) atoms. The molecule has 1 fully saturated rings. The maximum Gasteiger partial charge on any atom is 0.191 e. The molecule has 0 amide bonds. The molecule has 0 spiro atoms. The first-order valence-electron chi connectivity index (χ1n) is 8.23. The molecule has 1 atom stereocenters. The monoisotopic (exact) mass is 333 g/mol. The van der Waals surface area contributed by atoms with Crippen molar-refractivity contribution in [3.8, 4) is 0 Å². The molecule has 1 aliphatic rings. The van der Waals surface area contributed by atoms with Crippen LogP contribution in [0, 0.1) is 11.8 Å². The van der Waals surface area contributed by atoms with Crippen molar-refractivity contribution < 1.29 is 13.2 Å². The summed E-state index contributed by atoms with van der Waals surface area (Å²) in [5.41, 5.74) is 0. The average molecular weight is 333 g/mol. The third-order valence-corrected chi connectivity index (χ3v) is 5.22. The standard InChI is InChI=1S/C15H31N3O3S/c1-4-16-15(17-7-5-8-21-11-13(2)3)18-10-14-6-9-22(19,20)12-14/h13-14H,4-12H2,1-3H3,(H2,16,17,18). The normalized spacial score (nSPS) is 21.3. The average Bonchev–Trinajstić information content (AvgIpc) is 2.79. The van der Waals surface area contributed by atoms with Crippen LogP contribution in [0.2, 0.25) is 0 Å². The van der Waals surface area contributed by atoms with Crippen LogP contribution in [0.1, 0.15) is 33.6 Å². The molecule has 0 aromatic heterocycles. The first-order chi connectivity index (χ1) is 10.4. The van der Waals surface area contributed by atoms with E-state index in [4.69, 9.17) is 4.74 Å². The molecule has 130 valence electrons. The number of ether oxygens (including phenoxy) is 1. The van der Waals surface area contributed by atoms with Gasteiger partial charge in [0.1, 0.15) is 0 Å². The van der Waals surface area contributed by atoms with Gasteiger partial charge in [0.25, 0.3) is 0 Å². The lowest BCUT2D eigenvalue weighted by molar-refractivity contribution is 0.108. The second-order valence-corrected chi connectivity index (χ2v) is 8.47.